The van der Waals surface area contributed by atoms with Gasteiger partial charge in [0.05, 0.1) is 0 Å². The van der Waals surface area contributed by atoms with E-state index in [4.69, 9.17) is 0 Å². The highest BCUT2D eigenvalue weighted by Crippen LogP contribution is 2.04. The first kappa shape index (κ1) is 9.70. The summed E-state index contributed by atoms with van der Waals surface area (Å²) in [5, 5.41) is 9.08. The van der Waals surface area contributed by atoms with Crippen molar-refractivity contribution in [3.63, 3.8) is 0 Å². The summed E-state index contributed by atoms with van der Waals surface area (Å²) >= 11 is 0. The fourth-order valence-electron chi connectivity index (χ4n) is 0.817. The van der Waals surface area contributed by atoms with Crippen LogP contribution in [0.25, 0.3) is 0 Å². The number of hydrogen-bond donors (Lipinski definition) is 2. The van der Waals surface area contributed by atoms with Gasteiger partial charge in [-0.05, 0) is 13.3 Å². The Labute approximate surface area is 76.9 Å². The third-order valence-electron chi connectivity index (χ3n) is 1.89. The number of nitrogens with zero attached hydrogens (tertiary/aromatic N) is 2. The van der Waals surface area contributed by atoms with E-state index in [9.17, 15) is 4.79 Å². The molecule has 1 rings (SSSR count). The van der Waals surface area contributed by atoms with Crippen LogP contribution in [0, 0.1) is 12.8 Å². The Balaban J connectivity index is 2.54. The first-order valence-electron chi connectivity index (χ1n) is 4.33. The molecular weight excluding hydrogens is 168 g/mol. The summed E-state index contributed by atoms with van der Waals surface area (Å²) < 4.78 is 0. The van der Waals surface area contributed by atoms with Crippen molar-refractivity contribution in [2.45, 2.75) is 27.2 Å². The molecule has 0 aliphatic rings. The number of aromatic nitrogens is 3. The summed E-state index contributed by atoms with van der Waals surface area (Å²) in [5.41, 5.74) is 0. The van der Waals surface area contributed by atoms with Crippen molar-refractivity contribution in [1.82, 2.24) is 15.2 Å². The van der Waals surface area contributed by atoms with E-state index in [1.807, 2.05) is 13.8 Å². The molecule has 1 aromatic rings. The second-order valence-corrected chi connectivity index (χ2v) is 3.04. The summed E-state index contributed by atoms with van der Waals surface area (Å²) in [6.45, 7) is 5.62. The van der Waals surface area contributed by atoms with E-state index in [0.717, 1.165) is 6.42 Å². The number of amides is 1. The van der Waals surface area contributed by atoms with Crippen molar-refractivity contribution in [3.8, 4) is 0 Å². The van der Waals surface area contributed by atoms with Gasteiger partial charge < -0.3 is 0 Å². The first-order valence-corrected chi connectivity index (χ1v) is 4.33. The molecule has 0 aromatic carbocycles. The van der Waals surface area contributed by atoms with Crippen LogP contribution in [0.3, 0.4) is 0 Å². The van der Waals surface area contributed by atoms with Gasteiger partial charge in [0, 0.05) is 5.92 Å². The molecule has 0 spiro atoms. The predicted octanol–water partition coefficient (Wildman–Crippen LogP) is 1.10. The van der Waals surface area contributed by atoms with E-state index < -0.39 is 0 Å². The Morgan fingerprint density at radius 1 is 1.69 bits per heavy atom. The average molecular weight is 182 g/mol. The van der Waals surface area contributed by atoms with Crippen molar-refractivity contribution >= 4 is 11.9 Å². The fraction of sp³-hybridized carbons (Fsp3) is 0.625. The molecule has 2 N–H and O–H groups in total. The SMILES string of the molecule is CCC(C)C(=O)Nc1n[nH]c(C)n1. The maximum Gasteiger partial charge on any atom is 0.248 e. The number of anilines is 1. The van der Waals surface area contributed by atoms with Gasteiger partial charge in [-0.2, -0.15) is 4.98 Å². The standard InChI is InChI=1S/C8H14N4O/c1-4-5(2)7(13)10-8-9-6(3)11-12-8/h5H,4H2,1-3H3,(H2,9,10,11,12,13). The molecular formula is C8H14N4O. The number of carbonyl (C=O) groups excluding carboxylic acids is 1. The molecule has 5 nitrogen and oxygen atoms in total. The zero-order chi connectivity index (χ0) is 9.84. The van der Waals surface area contributed by atoms with Crippen molar-refractivity contribution in [2.75, 3.05) is 5.32 Å². The molecule has 72 valence electrons. The Morgan fingerprint density at radius 3 is 2.85 bits per heavy atom. The number of H-pyrrole nitrogens is 1. The average Bonchev–Trinajstić information content (AvgIpc) is 2.49. The minimum Gasteiger partial charge on any atom is -0.293 e. The molecule has 13 heavy (non-hydrogen) atoms. The van der Waals surface area contributed by atoms with Crippen LogP contribution in [0.15, 0.2) is 0 Å². The number of aromatic amines is 1. The number of rotatable bonds is 3. The van der Waals surface area contributed by atoms with Crippen LogP contribution >= 0.6 is 0 Å². The maximum atomic E-state index is 11.3. The lowest BCUT2D eigenvalue weighted by atomic mass is 10.1. The van der Waals surface area contributed by atoms with Crippen molar-refractivity contribution < 1.29 is 4.79 Å². The third kappa shape index (κ3) is 2.54. The lowest BCUT2D eigenvalue weighted by molar-refractivity contribution is -0.119. The highest BCUT2D eigenvalue weighted by atomic mass is 16.2. The van der Waals surface area contributed by atoms with E-state index in [-0.39, 0.29) is 11.8 Å². The smallest absolute Gasteiger partial charge is 0.248 e. The van der Waals surface area contributed by atoms with Crippen LogP contribution < -0.4 is 5.32 Å². The van der Waals surface area contributed by atoms with Gasteiger partial charge in [0.25, 0.3) is 0 Å². The second-order valence-electron chi connectivity index (χ2n) is 3.04. The van der Waals surface area contributed by atoms with Crippen LogP contribution in [0.5, 0.6) is 0 Å². The highest BCUT2D eigenvalue weighted by Gasteiger charge is 2.12. The van der Waals surface area contributed by atoms with E-state index in [1.54, 1.807) is 6.92 Å². The largest absolute Gasteiger partial charge is 0.293 e. The molecule has 0 fully saturated rings. The van der Waals surface area contributed by atoms with Crippen molar-refractivity contribution in [3.05, 3.63) is 5.82 Å². The molecule has 0 saturated heterocycles. The van der Waals surface area contributed by atoms with Crippen molar-refractivity contribution in [1.29, 1.82) is 0 Å². The van der Waals surface area contributed by atoms with Gasteiger partial charge >= 0.3 is 0 Å². The maximum absolute atomic E-state index is 11.3. The molecule has 0 aliphatic heterocycles. The molecule has 1 aromatic heterocycles. The fourth-order valence-corrected chi connectivity index (χ4v) is 0.817. The van der Waals surface area contributed by atoms with E-state index in [1.165, 1.54) is 0 Å². The molecule has 0 aliphatic carbocycles. The predicted molar refractivity (Wildman–Crippen MR) is 49.2 cm³/mol. The molecule has 1 amide bonds. The topological polar surface area (TPSA) is 70.7 Å². The van der Waals surface area contributed by atoms with E-state index in [0.29, 0.717) is 11.8 Å². The summed E-state index contributed by atoms with van der Waals surface area (Å²) in [6.07, 6.45) is 0.815. The van der Waals surface area contributed by atoms with Crippen LogP contribution in [0.4, 0.5) is 5.95 Å². The monoisotopic (exact) mass is 182 g/mol. The summed E-state index contributed by atoms with van der Waals surface area (Å²) in [6, 6.07) is 0. The van der Waals surface area contributed by atoms with Gasteiger partial charge in [-0.3, -0.25) is 15.2 Å². The highest BCUT2D eigenvalue weighted by molar-refractivity contribution is 5.90. The van der Waals surface area contributed by atoms with E-state index in [2.05, 4.69) is 20.5 Å². The van der Waals surface area contributed by atoms with Gasteiger partial charge in [-0.1, -0.05) is 13.8 Å². The zero-order valence-corrected chi connectivity index (χ0v) is 8.09. The molecule has 1 atom stereocenters. The van der Waals surface area contributed by atoms with Gasteiger partial charge in [0.2, 0.25) is 11.9 Å². The molecule has 0 saturated carbocycles. The molecule has 0 radical (unpaired) electrons. The third-order valence-corrected chi connectivity index (χ3v) is 1.89. The van der Waals surface area contributed by atoms with Crippen molar-refractivity contribution in [2.24, 2.45) is 5.92 Å². The summed E-state index contributed by atoms with van der Waals surface area (Å²) in [5.74, 6) is 1.00. The zero-order valence-electron chi connectivity index (χ0n) is 8.09. The lowest BCUT2D eigenvalue weighted by Crippen LogP contribution is -2.20. The molecule has 1 heterocycles. The van der Waals surface area contributed by atoms with Crippen LogP contribution in [-0.4, -0.2) is 21.1 Å². The number of nitrogens with one attached hydrogen (secondary N) is 2. The number of hydrogen-bond acceptors (Lipinski definition) is 3. The Bertz CT molecular complexity index is 294. The Morgan fingerprint density at radius 2 is 2.38 bits per heavy atom. The van der Waals surface area contributed by atoms with Gasteiger partial charge in [-0.15, -0.1) is 5.10 Å². The van der Waals surface area contributed by atoms with Crippen LogP contribution in [0.1, 0.15) is 26.1 Å². The summed E-state index contributed by atoms with van der Waals surface area (Å²) in [7, 11) is 0. The molecule has 0 bridgehead atoms. The molecule has 5 heteroatoms. The second kappa shape index (κ2) is 4.02. The van der Waals surface area contributed by atoms with Gasteiger partial charge in [-0.25, -0.2) is 0 Å². The van der Waals surface area contributed by atoms with Gasteiger partial charge in [0.1, 0.15) is 5.82 Å². The Kier molecular flexibility index (Phi) is 3.00. The van der Waals surface area contributed by atoms with Crippen LogP contribution in [-0.2, 0) is 4.79 Å². The quantitative estimate of drug-likeness (QED) is 0.735. The number of aryl methyl sites for hydroxylation is 1. The normalized spacial score (nSPS) is 12.5. The number of carbonyl (C=O) groups is 1. The minimum atomic E-state index is -0.0403. The Hall–Kier alpha value is -1.39. The summed E-state index contributed by atoms with van der Waals surface area (Å²) in [4.78, 5) is 15.3. The van der Waals surface area contributed by atoms with Gasteiger partial charge in [0.15, 0.2) is 0 Å². The first-order chi connectivity index (χ1) is 6.13. The van der Waals surface area contributed by atoms with E-state index >= 15 is 0 Å². The molecule has 1 unspecified atom stereocenters. The minimum absolute atomic E-state index is 0.00111. The lowest BCUT2D eigenvalue weighted by Gasteiger charge is -2.05. The van der Waals surface area contributed by atoms with Crippen LogP contribution in [0.2, 0.25) is 0 Å².